The van der Waals surface area contributed by atoms with Crippen molar-refractivity contribution in [1.82, 2.24) is 15.0 Å². The van der Waals surface area contributed by atoms with E-state index < -0.39 is 0 Å². The lowest BCUT2D eigenvalue weighted by Crippen LogP contribution is -2.12. The molecule has 0 fully saturated rings. The van der Waals surface area contributed by atoms with Gasteiger partial charge in [0, 0.05) is 18.9 Å². The zero-order valence-electron chi connectivity index (χ0n) is 9.60. The van der Waals surface area contributed by atoms with Gasteiger partial charge in [0.1, 0.15) is 16.6 Å². The Morgan fingerprint density at radius 3 is 2.83 bits per heavy atom. The molecule has 0 radical (unpaired) electrons. The molecule has 18 heavy (non-hydrogen) atoms. The molecule has 0 spiro atoms. The summed E-state index contributed by atoms with van der Waals surface area (Å²) in [4.78, 5) is 12.2. The van der Waals surface area contributed by atoms with Crippen LogP contribution in [0.15, 0.2) is 35.3 Å². The van der Waals surface area contributed by atoms with E-state index in [1.165, 1.54) is 11.9 Å². The molecule has 94 valence electrons. The summed E-state index contributed by atoms with van der Waals surface area (Å²) in [7, 11) is 0. The maximum absolute atomic E-state index is 5.33. The van der Waals surface area contributed by atoms with Gasteiger partial charge >= 0.3 is 0 Å². The van der Waals surface area contributed by atoms with Crippen LogP contribution >= 0.6 is 15.9 Å². The Labute approximate surface area is 113 Å². The number of pyridine rings is 1. The molecule has 0 bridgehead atoms. The number of hydrazine groups is 1. The smallest absolute Gasteiger partial charge is 0.159 e. The number of anilines is 2. The Bertz CT molecular complexity index is 504. The van der Waals surface area contributed by atoms with Crippen molar-refractivity contribution in [3.63, 3.8) is 0 Å². The van der Waals surface area contributed by atoms with E-state index in [4.69, 9.17) is 5.84 Å². The third-order valence-electron chi connectivity index (χ3n) is 2.36. The third-order valence-corrected chi connectivity index (χ3v) is 3.11. The summed E-state index contributed by atoms with van der Waals surface area (Å²) < 4.78 is 0.721. The fraction of sp³-hybridized carbons (Fsp3) is 0.182. The van der Waals surface area contributed by atoms with Crippen LogP contribution in [0.2, 0.25) is 0 Å². The fourth-order valence-electron chi connectivity index (χ4n) is 1.46. The highest BCUT2D eigenvalue weighted by Crippen LogP contribution is 2.25. The average Bonchev–Trinajstić information content (AvgIpc) is 2.42. The van der Waals surface area contributed by atoms with Crippen LogP contribution in [0.1, 0.15) is 5.56 Å². The highest BCUT2D eigenvalue weighted by Gasteiger charge is 2.06. The molecule has 0 saturated heterocycles. The quantitative estimate of drug-likeness (QED) is 0.574. The number of aromatic nitrogens is 3. The van der Waals surface area contributed by atoms with Gasteiger partial charge in [0.2, 0.25) is 0 Å². The number of nitrogen functional groups attached to an aromatic ring is 1. The molecule has 0 saturated carbocycles. The normalized spacial score (nSPS) is 10.1. The van der Waals surface area contributed by atoms with Gasteiger partial charge < -0.3 is 10.7 Å². The van der Waals surface area contributed by atoms with Gasteiger partial charge in [-0.2, -0.15) is 0 Å². The molecule has 2 aromatic rings. The lowest BCUT2D eigenvalue weighted by molar-refractivity contribution is 0.984. The number of halogens is 1. The molecule has 0 aliphatic rings. The second-order valence-corrected chi connectivity index (χ2v) is 4.36. The summed E-state index contributed by atoms with van der Waals surface area (Å²) in [5.41, 5.74) is 3.67. The van der Waals surface area contributed by atoms with Crippen LogP contribution < -0.4 is 16.6 Å². The third kappa shape index (κ3) is 3.14. The maximum atomic E-state index is 5.33. The predicted molar refractivity (Wildman–Crippen MR) is 74.0 cm³/mol. The average molecular weight is 309 g/mol. The van der Waals surface area contributed by atoms with E-state index in [0.717, 1.165) is 17.4 Å². The first-order valence-corrected chi connectivity index (χ1v) is 6.20. The molecule has 2 rings (SSSR count). The van der Waals surface area contributed by atoms with Crippen molar-refractivity contribution in [3.8, 4) is 0 Å². The van der Waals surface area contributed by atoms with Gasteiger partial charge in [-0.25, -0.2) is 15.8 Å². The SMILES string of the molecule is NNc1ncnc(NCCc2cccnc2)c1Br. The highest BCUT2D eigenvalue weighted by atomic mass is 79.9. The summed E-state index contributed by atoms with van der Waals surface area (Å²) in [5, 5.41) is 3.21. The molecule has 0 amide bonds. The van der Waals surface area contributed by atoms with Gasteiger partial charge in [-0.3, -0.25) is 4.98 Å². The molecule has 0 unspecified atom stereocenters. The number of rotatable bonds is 5. The largest absolute Gasteiger partial charge is 0.369 e. The minimum absolute atomic E-state index is 0.550. The van der Waals surface area contributed by atoms with Crippen LogP contribution in [0.5, 0.6) is 0 Å². The lowest BCUT2D eigenvalue weighted by Gasteiger charge is -2.09. The van der Waals surface area contributed by atoms with Gasteiger partial charge in [0.15, 0.2) is 5.82 Å². The van der Waals surface area contributed by atoms with Crippen molar-refractivity contribution in [3.05, 3.63) is 40.9 Å². The molecular weight excluding hydrogens is 296 g/mol. The van der Waals surface area contributed by atoms with E-state index in [1.807, 2.05) is 18.3 Å². The number of nitrogens with one attached hydrogen (secondary N) is 2. The predicted octanol–water partition coefficient (Wildman–Crippen LogP) is 1.57. The summed E-state index contributed by atoms with van der Waals surface area (Å²) in [5.74, 6) is 6.59. The first-order valence-electron chi connectivity index (χ1n) is 5.41. The molecule has 0 aromatic carbocycles. The molecule has 0 aliphatic carbocycles. The molecule has 2 aromatic heterocycles. The van der Waals surface area contributed by atoms with Crippen LogP contribution in [0.25, 0.3) is 0 Å². The molecular formula is C11H13BrN6. The Morgan fingerprint density at radius 1 is 1.28 bits per heavy atom. The van der Waals surface area contributed by atoms with Crippen LogP contribution in [-0.4, -0.2) is 21.5 Å². The van der Waals surface area contributed by atoms with E-state index in [9.17, 15) is 0 Å². The summed E-state index contributed by atoms with van der Waals surface area (Å²) in [6, 6.07) is 3.96. The lowest BCUT2D eigenvalue weighted by atomic mass is 10.2. The summed E-state index contributed by atoms with van der Waals surface area (Å²) in [6.45, 7) is 0.755. The van der Waals surface area contributed by atoms with E-state index in [-0.39, 0.29) is 0 Å². The number of hydrogen-bond donors (Lipinski definition) is 3. The van der Waals surface area contributed by atoms with E-state index >= 15 is 0 Å². The minimum atomic E-state index is 0.550. The zero-order chi connectivity index (χ0) is 12.8. The zero-order valence-corrected chi connectivity index (χ0v) is 11.2. The van der Waals surface area contributed by atoms with Gasteiger partial charge in [-0.15, -0.1) is 0 Å². The molecule has 0 aliphatic heterocycles. The molecule has 4 N–H and O–H groups in total. The van der Waals surface area contributed by atoms with E-state index in [1.54, 1.807) is 6.20 Å². The van der Waals surface area contributed by atoms with Crippen molar-refractivity contribution in [2.24, 2.45) is 5.84 Å². The second-order valence-electron chi connectivity index (χ2n) is 3.57. The molecule has 2 heterocycles. The Morgan fingerprint density at radius 2 is 2.11 bits per heavy atom. The van der Waals surface area contributed by atoms with Gasteiger partial charge in [-0.1, -0.05) is 6.07 Å². The number of nitrogens with two attached hydrogens (primary N) is 1. The highest BCUT2D eigenvalue weighted by molar-refractivity contribution is 9.10. The maximum Gasteiger partial charge on any atom is 0.159 e. The molecule has 6 nitrogen and oxygen atoms in total. The first-order chi connectivity index (χ1) is 8.81. The standard InChI is InChI=1S/C11H13BrN6/c12-9-10(16-7-17-11(9)18-13)15-5-3-8-2-1-4-14-6-8/h1-2,4,6-7H,3,5,13H2,(H2,15,16,17,18). The number of hydrogen-bond acceptors (Lipinski definition) is 6. The first kappa shape index (κ1) is 12.7. The van der Waals surface area contributed by atoms with Crippen molar-refractivity contribution in [2.75, 3.05) is 17.3 Å². The number of nitrogens with zero attached hydrogens (tertiary/aromatic N) is 3. The summed E-state index contributed by atoms with van der Waals surface area (Å²) in [6.07, 6.45) is 5.93. The topological polar surface area (TPSA) is 88.8 Å². The van der Waals surface area contributed by atoms with Crippen molar-refractivity contribution >= 4 is 27.6 Å². The van der Waals surface area contributed by atoms with Crippen LogP contribution in [-0.2, 0) is 6.42 Å². The van der Waals surface area contributed by atoms with Gasteiger partial charge in [0.25, 0.3) is 0 Å². The van der Waals surface area contributed by atoms with Crippen molar-refractivity contribution in [1.29, 1.82) is 0 Å². The van der Waals surface area contributed by atoms with Crippen molar-refractivity contribution in [2.45, 2.75) is 6.42 Å². The monoisotopic (exact) mass is 308 g/mol. The van der Waals surface area contributed by atoms with Crippen LogP contribution in [0.4, 0.5) is 11.6 Å². The van der Waals surface area contributed by atoms with E-state index in [2.05, 4.69) is 41.6 Å². The Kier molecular flexibility index (Phi) is 4.43. The fourth-order valence-corrected chi connectivity index (χ4v) is 1.92. The van der Waals surface area contributed by atoms with E-state index in [0.29, 0.717) is 11.6 Å². The second kappa shape index (κ2) is 6.27. The molecule has 0 atom stereocenters. The Hall–Kier alpha value is -1.73. The Balaban J connectivity index is 1.95. The minimum Gasteiger partial charge on any atom is -0.369 e. The molecule has 7 heteroatoms. The summed E-state index contributed by atoms with van der Waals surface area (Å²) >= 11 is 3.39. The van der Waals surface area contributed by atoms with Crippen molar-refractivity contribution < 1.29 is 0 Å². The van der Waals surface area contributed by atoms with Crippen LogP contribution in [0, 0.1) is 0 Å². The van der Waals surface area contributed by atoms with Crippen LogP contribution in [0.3, 0.4) is 0 Å². The van der Waals surface area contributed by atoms with Gasteiger partial charge in [0.05, 0.1) is 0 Å². The van der Waals surface area contributed by atoms with Gasteiger partial charge in [-0.05, 0) is 34.0 Å².